The molecule has 0 N–H and O–H groups in total. The van der Waals surface area contributed by atoms with Crippen molar-refractivity contribution in [2.45, 2.75) is 24.9 Å². The molecule has 3 rings (SSSR count). The first-order chi connectivity index (χ1) is 11.0. The Morgan fingerprint density at radius 2 is 2.00 bits per heavy atom. The standard InChI is InChI=1S/C17H22F2N2O2/c1-20-6-4-17(5-7-20)12-21(8-9-23-17)16(22)11-13-10-14(18)2-3-15(13)19/h2-3,10H,4-9,11-12H2,1H3. The molecule has 2 aliphatic heterocycles. The number of carbonyl (C=O) groups is 1. The number of amides is 1. The van der Waals surface area contributed by atoms with Gasteiger partial charge in [0.25, 0.3) is 0 Å². The van der Waals surface area contributed by atoms with Crippen molar-refractivity contribution < 1.29 is 18.3 Å². The van der Waals surface area contributed by atoms with Crippen molar-refractivity contribution in [2.24, 2.45) is 0 Å². The lowest BCUT2D eigenvalue weighted by Gasteiger charge is -2.46. The Bertz CT molecular complexity index is 586. The fraction of sp³-hybridized carbons (Fsp3) is 0.588. The zero-order valence-corrected chi connectivity index (χ0v) is 13.4. The zero-order valence-electron chi connectivity index (χ0n) is 13.4. The van der Waals surface area contributed by atoms with Crippen LogP contribution in [0.1, 0.15) is 18.4 Å². The van der Waals surface area contributed by atoms with Crippen LogP contribution in [-0.4, -0.2) is 61.1 Å². The number of halogens is 2. The number of benzene rings is 1. The molecule has 126 valence electrons. The van der Waals surface area contributed by atoms with Gasteiger partial charge < -0.3 is 14.5 Å². The van der Waals surface area contributed by atoms with Crippen molar-refractivity contribution in [1.82, 2.24) is 9.80 Å². The van der Waals surface area contributed by atoms with Gasteiger partial charge in [-0.05, 0) is 38.1 Å². The summed E-state index contributed by atoms with van der Waals surface area (Å²) in [6.45, 7) is 3.44. The molecule has 2 fully saturated rings. The maximum atomic E-state index is 13.7. The lowest BCUT2D eigenvalue weighted by molar-refractivity contribution is -0.158. The summed E-state index contributed by atoms with van der Waals surface area (Å²) in [5.74, 6) is -1.24. The molecule has 2 heterocycles. The summed E-state index contributed by atoms with van der Waals surface area (Å²) in [5, 5.41) is 0. The van der Waals surface area contributed by atoms with Crippen LogP contribution >= 0.6 is 0 Å². The van der Waals surface area contributed by atoms with E-state index in [4.69, 9.17) is 4.74 Å². The molecule has 0 atom stereocenters. The van der Waals surface area contributed by atoms with Gasteiger partial charge in [-0.1, -0.05) is 0 Å². The average Bonchev–Trinajstić information content (AvgIpc) is 2.54. The fourth-order valence-electron chi connectivity index (χ4n) is 3.34. The van der Waals surface area contributed by atoms with E-state index in [0.29, 0.717) is 19.7 Å². The molecule has 0 saturated carbocycles. The van der Waals surface area contributed by atoms with E-state index in [-0.39, 0.29) is 23.5 Å². The van der Waals surface area contributed by atoms with Gasteiger partial charge in [0, 0.05) is 31.7 Å². The lowest BCUT2D eigenvalue weighted by Crippen LogP contribution is -2.57. The smallest absolute Gasteiger partial charge is 0.227 e. The predicted molar refractivity (Wildman–Crippen MR) is 82.1 cm³/mol. The quantitative estimate of drug-likeness (QED) is 0.832. The SMILES string of the molecule is CN1CCC2(CC1)CN(C(=O)Cc1cc(F)ccc1F)CCO2. The summed E-state index contributed by atoms with van der Waals surface area (Å²) >= 11 is 0. The number of likely N-dealkylation sites (tertiary alicyclic amines) is 1. The number of nitrogens with zero attached hydrogens (tertiary/aromatic N) is 2. The van der Waals surface area contributed by atoms with E-state index in [2.05, 4.69) is 11.9 Å². The number of piperidine rings is 1. The first-order valence-electron chi connectivity index (χ1n) is 8.02. The van der Waals surface area contributed by atoms with Crippen LogP contribution in [0.4, 0.5) is 8.78 Å². The number of morpholine rings is 1. The molecular weight excluding hydrogens is 302 g/mol. The highest BCUT2D eigenvalue weighted by Crippen LogP contribution is 2.30. The number of ether oxygens (including phenoxy) is 1. The van der Waals surface area contributed by atoms with Crippen LogP contribution in [-0.2, 0) is 16.0 Å². The van der Waals surface area contributed by atoms with Gasteiger partial charge in [-0.25, -0.2) is 8.78 Å². The Kier molecular flexibility index (Phi) is 4.64. The van der Waals surface area contributed by atoms with E-state index < -0.39 is 11.6 Å². The maximum absolute atomic E-state index is 13.7. The normalized spacial score (nSPS) is 21.6. The zero-order chi connectivity index (χ0) is 16.4. The molecular formula is C17H22F2N2O2. The van der Waals surface area contributed by atoms with Crippen LogP contribution in [0, 0.1) is 11.6 Å². The third-order valence-corrected chi connectivity index (χ3v) is 4.85. The topological polar surface area (TPSA) is 32.8 Å². The summed E-state index contributed by atoms with van der Waals surface area (Å²) in [5.41, 5.74) is -0.167. The first kappa shape index (κ1) is 16.3. The van der Waals surface area contributed by atoms with Gasteiger partial charge in [0.1, 0.15) is 11.6 Å². The number of hydrogen-bond donors (Lipinski definition) is 0. The van der Waals surface area contributed by atoms with Gasteiger partial charge in [0.05, 0.1) is 18.6 Å². The Morgan fingerprint density at radius 3 is 2.74 bits per heavy atom. The molecule has 2 saturated heterocycles. The molecule has 0 aliphatic carbocycles. The van der Waals surface area contributed by atoms with Crippen molar-refractivity contribution >= 4 is 5.91 Å². The van der Waals surface area contributed by atoms with Gasteiger partial charge in [-0.2, -0.15) is 0 Å². The molecule has 0 aromatic heterocycles. The molecule has 1 amide bonds. The summed E-state index contributed by atoms with van der Waals surface area (Å²) in [6.07, 6.45) is 1.67. The van der Waals surface area contributed by atoms with Crippen LogP contribution in [0.15, 0.2) is 18.2 Å². The van der Waals surface area contributed by atoms with E-state index in [9.17, 15) is 13.6 Å². The van der Waals surface area contributed by atoms with Gasteiger partial charge in [-0.3, -0.25) is 4.79 Å². The van der Waals surface area contributed by atoms with E-state index in [1.54, 1.807) is 4.90 Å². The van der Waals surface area contributed by atoms with Crippen LogP contribution in [0.5, 0.6) is 0 Å². The molecule has 23 heavy (non-hydrogen) atoms. The lowest BCUT2D eigenvalue weighted by atomic mass is 9.89. The second-order valence-corrected chi connectivity index (χ2v) is 6.56. The van der Waals surface area contributed by atoms with Gasteiger partial charge in [-0.15, -0.1) is 0 Å². The molecule has 1 spiro atoms. The largest absolute Gasteiger partial charge is 0.371 e. The second-order valence-electron chi connectivity index (χ2n) is 6.56. The molecule has 1 aromatic carbocycles. The summed E-state index contributed by atoms with van der Waals surface area (Å²) in [6, 6.07) is 3.22. The van der Waals surface area contributed by atoms with Gasteiger partial charge in [0.15, 0.2) is 0 Å². The van der Waals surface area contributed by atoms with Crippen molar-refractivity contribution in [2.75, 3.05) is 39.8 Å². The Morgan fingerprint density at radius 1 is 1.26 bits per heavy atom. The van der Waals surface area contributed by atoms with Crippen LogP contribution in [0.2, 0.25) is 0 Å². The monoisotopic (exact) mass is 324 g/mol. The van der Waals surface area contributed by atoms with E-state index >= 15 is 0 Å². The predicted octanol–water partition coefficient (Wildman–Crippen LogP) is 1.83. The second kappa shape index (κ2) is 6.53. The van der Waals surface area contributed by atoms with Crippen LogP contribution in [0.3, 0.4) is 0 Å². The van der Waals surface area contributed by atoms with Gasteiger partial charge in [0.2, 0.25) is 5.91 Å². The van der Waals surface area contributed by atoms with E-state index in [1.165, 1.54) is 0 Å². The minimum Gasteiger partial charge on any atom is -0.371 e. The van der Waals surface area contributed by atoms with Crippen molar-refractivity contribution in [3.8, 4) is 0 Å². The third kappa shape index (κ3) is 3.70. The minimum atomic E-state index is -0.540. The van der Waals surface area contributed by atoms with Crippen molar-refractivity contribution in [3.63, 3.8) is 0 Å². The number of hydrogen-bond acceptors (Lipinski definition) is 3. The minimum absolute atomic E-state index is 0.110. The third-order valence-electron chi connectivity index (χ3n) is 4.85. The highest BCUT2D eigenvalue weighted by molar-refractivity contribution is 5.79. The van der Waals surface area contributed by atoms with Gasteiger partial charge >= 0.3 is 0 Å². The summed E-state index contributed by atoms with van der Waals surface area (Å²) in [7, 11) is 2.07. The van der Waals surface area contributed by atoms with E-state index in [0.717, 1.165) is 44.1 Å². The Balaban J connectivity index is 1.66. The number of rotatable bonds is 2. The molecule has 0 bridgehead atoms. The molecule has 4 nitrogen and oxygen atoms in total. The molecule has 0 unspecified atom stereocenters. The van der Waals surface area contributed by atoms with Crippen LogP contribution in [0.25, 0.3) is 0 Å². The average molecular weight is 324 g/mol. The fourth-order valence-corrected chi connectivity index (χ4v) is 3.34. The Hall–Kier alpha value is -1.53. The maximum Gasteiger partial charge on any atom is 0.227 e. The highest BCUT2D eigenvalue weighted by atomic mass is 19.1. The number of carbonyl (C=O) groups excluding carboxylic acids is 1. The molecule has 6 heteroatoms. The molecule has 1 aromatic rings. The van der Waals surface area contributed by atoms with E-state index in [1.807, 2.05) is 0 Å². The Labute approximate surface area is 135 Å². The van der Waals surface area contributed by atoms with Crippen molar-refractivity contribution in [1.29, 1.82) is 0 Å². The van der Waals surface area contributed by atoms with Crippen molar-refractivity contribution in [3.05, 3.63) is 35.4 Å². The highest BCUT2D eigenvalue weighted by Gasteiger charge is 2.40. The van der Waals surface area contributed by atoms with Crippen LogP contribution < -0.4 is 0 Å². The molecule has 0 radical (unpaired) electrons. The summed E-state index contributed by atoms with van der Waals surface area (Å²) < 4.78 is 32.9. The summed E-state index contributed by atoms with van der Waals surface area (Å²) in [4.78, 5) is 16.5. The molecule has 2 aliphatic rings. The first-order valence-corrected chi connectivity index (χ1v) is 8.02.